The molecule has 7 heteroatoms. The van der Waals surface area contributed by atoms with Gasteiger partial charge in [-0.25, -0.2) is 9.97 Å². The number of hydrogen-bond acceptors (Lipinski definition) is 5. The summed E-state index contributed by atoms with van der Waals surface area (Å²) < 4.78 is 3.71. The molecule has 1 aliphatic carbocycles. The first-order chi connectivity index (χ1) is 16.6. The molecule has 6 rings (SSSR count). The van der Waals surface area contributed by atoms with E-state index in [0.29, 0.717) is 11.3 Å². The first-order valence-corrected chi connectivity index (χ1v) is 12.1. The predicted octanol–water partition coefficient (Wildman–Crippen LogP) is 3.78. The Morgan fingerprint density at radius 3 is 2.62 bits per heavy atom. The molecule has 1 radical (unpaired) electrons. The molecule has 0 saturated carbocycles. The summed E-state index contributed by atoms with van der Waals surface area (Å²) in [6, 6.07) is 7.79. The minimum absolute atomic E-state index is 0. The van der Waals surface area contributed by atoms with E-state index in [1.54, 1.807) is 10.5 Å². The average molecular weight is 456 g/mol. The highest BCUT2D eigenvalue weighted by molar-refractivity contribution is 5.66. The molecule has 1 saturated heterocycles. The van der Waals surface area contributed by atoms with Crippen LogP contribution in [0.25, 0.3) is 22.6 Å². The Morgan fingerprint density at radius 1 is 1.03 bits per heavy atom. The van der Waals surface area contributed by atoms with E-state index < -0.39 is 0 Å². The van der Waals surface area contributed by atoms with Gasteiger partial charge in [-0.3, -0.25) is 14.1 Å². The number of allylic oxidation sites excluding steroid dienone is 1. The highest BCUT2D eigenvalue weighted by Gasteiger charge is 2.19. The maximum Gasteiger partial charge on any atom is 0.258 e. The first kappa shape index (κ1) is 21.1. The van der Waals surface area contributed by atoms with Crippen molar-refractivity contribution in [2.24, 2.45) is 0 Å². The van der Waals surface area contributed by atoms with E-state index in [1.165, 1.54) is 5.57 Å². The Balaban J connectivity index is 0.00000253. The molecule has 4 aromatic heterocycles. The number of rotatable bonds is 6. The van der Waals surface area contributed by atoms with Crippen LogP contribution in [0, 0.1) is 13.3 Å². The van der Waals surface area contributed by atoms with Crippen LogP contribution in [0.5, 0.6) is 0 Å². The Morgan fingerprint density at radius 2 is 1.85 bits per heavy atom. The summed E-state index contributed by atoms with van der Waals surface area (Å²) in [5.41, 5.74) is 7.88. The van der Waals surface area contributed by atoms with Gasteiger partial charge in [0.15, 0.2) is 0 Å². The normalized spacial score (nSPS) is 16.4. The van der Waals surface area contributed by atoms with Gasteiger partial charge in [0.1, 0.15) is 11.3 Å². The molecule has 7 nitrogen and oxygen atoms in total. The maximum absolute atomic E-state index is 13.1. The number of piperazine rings is 1. The van der Waals surface area contributed by atoms with Crippen molar-refractivity contribution < 1.29 is 1.43 Å². The van der Waals surface area contributed by atoms with E-state index in [0.717, 1.165) is 73.7 Å². The van der Waals surface area contributed by atoms with Gasteiger partial charge in [0.25, 0.3) is 5.56 Å². The molecule has 0 spiro atoms. The molecule has 1 aliphatic heterocycles. The summed E-state index contributed by atoms with van der Waals surface area (Å²) in [7, 11) is 0. The van der Waals surface area contributed by atoms with Crippen molar-refractivity contribution >= 4 is 17.0 Å². The van der Waals surface area contributed by atoms with Gasteiger partial charge in [0.2, 0.25) is 0 Å². The fourth-order valence-corrected chi connectivity index (χ4v) is 4.86. The summed E-state index contributed by atoms with van der Waals surface area (Å²) in [5.74, 6) is 0. The van der Waals surface area contributed by atoms with E-state index in [2.05, 4.69) is 46.3 Å². The van der Waals surface area contributed by atoms with Crippen LogP contribution in [0.3, 0.4) is 0 Å². The summed E-state index contributed by atoms with van der Waals surface area (Å²) in [4.78, 5) is 27.5. The van der Waals surface area contributed by atoms with Gasteiger partial charge in [-0.2, -0.15) is 0 Å². The van der Waals surface area contributed by atoms with E-state index in [-0.39, 0.29) is 6.99 Å². The highest BCUT2D eigenvalue weighted by atomic mass is 16.1. The van der Waals surface area contributed by atoms with Gasteiger partial charge in [-0.15, -0.1) is 0 Å². The number of aromatic nitrogens is 4. The zero-order valence-corrected chi connectivity index (χ0v) is 19.7. The Bertz CT molecular complexity index is 1480. The fourth-order valence-electron chi connectivity index (χ4n) is 4.86. The SMILES string of the molecule is CCc1cc(-c2cc(=O)n3cc(N4CCN(CCC5=C[CH]5)CC4)ccc3n2)cn2cc(C)nc12.[HH]. The van der Waals surface area contributed by atoms with E-state index in [9.17, 15) is 4.79 Å². The van der Waals surface area contributed by atoms with Crippen molar-refractivity contribution in [3.05, 3.63) is 82.5 Å². The van der Waals surface area contributed by atoms with Gasteiger partial charge in [0.05, 0.1) is 17.1 Å². The quantitative estimate of drug-likeness (QED) is 0.443. The van der Waals surface area contributed by atoms with Crippen LogP contribution in [0.1, 0.15) is 26.0 Å². The summed E-state index contributed by atoms with van der Waals surface area (Å²) in [6.07, 6.45) is 12.4. The lowest BCUT2D eigenvalue weighted by atomic mass is 10.1. The van der Waals surface area contributed by atoms with Crippen LogP contribution in [-0.2, 0) is 6.42 Å². The van der Waals surface area contributed by atoms with Gasteiger partial charge in [0, 0.05) is 70.8 Å². The molecular formula is C27H31N6O. The zero-order valence-electron chi connectivity index (χ0n) is 19.7. The van der Waals surface area contributed by atoms with Crippen LogP contribution in [-0.4, -0.2) is 56.4 Å². The molecule has 34 heavy (non-hydrogen) atoms. The van der Waals surface area contributed by atoms with Crippen LogP contribution < -0.4 is 10.5 Å². The average Bonchev–Trinajstić information content (AvgIpc) is 3.61. The van der Waals surface area contributed by atoms with E-state index in [1.807, 2.05) is 36.0 Å². The van der Waals surface area contributed by atoms with Crippen molar-refractivity contribution in [1.82, 2.24) is 23.7 Å². The van der Waals surface area contributed by atoms with Crippen molar-refractivity contribution in [1.29, 1.82) is 0 Å². The highest BCUT2D eigenvalue weighted by Crippen LogP contribution is 2.24. The lowest BCUT2D eigenvalue weighted by Gasteiger charge is -2.36. The first-order valence-electron chi connectivity index (χ1n) is 12.1. The molecule has 0 aromatic carbocycles. The molecule has 175 valence electrons. The van der Waals surface area contributed by atoms with Crippen LogP contribution in [0.15, 0.2) is 59.3 Å². The van der Waals surface area contributed by atoms with Crippen LogP contribution in [0.2, 0.25) is 0 Å². The van der Waals surface area contributed by atoms with Gasteiger partial charge in [-0.05, 0) is 43.5 Å². The van der Waals surface area contributed by atoms with Gasteiger partial charge < -0.3 is 9.30 Å². The standard InChI is InChI=1S/C27H29N6O.H2/c1-3-21-14-22(17-32-16-19(2)28-27(21)32)24-15-26(34)33-18-23(6-7-25(33)29-24)31-12-10-30(11-13-31)9-8-20-4-5-20;/h4-7,14-18H,3,8-13H2,1-2H3;1H. The number of anilines is 1. The maximum atomic E-state index is 13.1. The van der Waals surface area contributed by atoms with Crippen LogP contribution in [0.4, 0.5) is 5.69 Å². The third kappa shape index (κ3) is 4.01. The second-order valence-electron chi connectivity index (χ2n) is 9.30. The molecule has 0 amide bonds. The molecule has 0 unspecified atom stereocenters. The van der Waals surface area contributed by atoms with E-state index in [4.69, 9.17) is 4.98 Å². The Kier molecular flexibility index (Phi) is 5.21. The number of hydrogen-bond donors (Lipinski definition) is 0. The number of imidazole rings is 1. The lowest BCUT2D eigenvalue weighted by Crippen LogP contribution is -2.46. The molecule has 0 atom stereocenters. The topological polar surface area (TPSA) is 58.2 Å². The molecule has 5 heterocycles. The zero-order chi connectivity index (χ0) is 23.2. The second-order valence-corrected chi connectivity index (χ2v) is 9.30. The Labute approximate surface area is 200 Å². The van der Waals surface area contributed by atoms with Crippen molar-refractivity contribution in [3.63, 3.8) is 0 Å². The number of nitrogens with zero attached hydrogens (tertiary/aromatic N) is 6. The predicted molar refractivity (Wildman–Crippen MR) is 138 cm³/mol. The monoisotopic (exact) mass is 455 g/mol. The van der Waals surface area contributed by atoms with Gasteiger partial charge in [-0.1, -0.05) is 18.6 Å². The number of aryl methyl sites for hydroxylation is 2. The largest absolute Gasteiger partial charge is 0.368 e. The minimum atomic E-state index is -0.0607. The summed E-state index contributed by atoms with van der Waals surface area (Å²) >= 11 is 0. The molecule has 4 aromatic rings. The van der Waals surface area contributed by atoms with E-state index >= 15 is 0 Å². The lowest BCUT2D eigenvalue weighted by molar-refractivity contribution is 0.262. The Hall–Kier alpha value is -3.45. The summed E-state index contributed by atoms with van der Waals surface area (Å²) in [6.45, 7) is 9.29. The number of pyridine rings is 2. The van der Waals surface area contributed by atoms with Crippen LogP contribution >= 0.6 is 0 Å². The molecular weight excluding hydrogens is 424 g/mol. The van der Waals surface area contributed by atoms with Crippen molar-refractivity contribution in [3.8, 4) is 11.3 Å². The third-order valence-corrected chi connectivity index (χ3v) is 6.93. The van der Waals surface area contributed by atoms with Gasteiger partial charge >= 0.3 is 0 Å². The minimum Gasteiger partial charge on any atom is -0.368 e. The smallest absolute Gasteiger partial charge is 0.258 e. The number of fused-ring (bicyclic) bond motifs is 2. The molecule has 2 aliphatic rings. The van der Waals surface area contributed by atoms with Crippen molar-refractivity contribution in [2.75, 3.05) is 37.6 Å². The summed E-state index contributed by atoms with van der Waals surface area (Å²) in [5, 5.41) is 0. The van der Waals surface area contributed by atoms with Crippen molar-refractivity contribution in [2.45, 2.75) is 26.7 Å². The fraction of sp³-hybridized carbons (Fsp3) is 0.333. The second kappa shape index (κ2) is 8.40. The third-order valence-electron chi connectivity index (χ3n) is 6.93. The molecule has 0 N–H and O–H groups in total. The molecule has 1 fully saturated rings. The molecule has 0 bridgehead atoms.